The number of halogens is 1. The Bertz CT molecular complexity index is 867. The van der Waals surface area contributed by atoms with Crippen molar-refractivity contribution >= 4 is 22.5 Å². The molecule has 7 heteroatoms. The highest BCUT2D eigenvalue weighted by molar-refractivity contribution is 7.15. The van der Waals surface area contributed by atoms with Crippen molar-refractivity contribution in [1.82, 2.24) is 10.3 Å². The summed E-state index contributed by atoms with van der Waals surface area (Å²) in [6.07, 6.45) is 3.55. The normalized spacial score (nSPS) is 25.6. The first-order chi connectivity index (χ1) is 12.8. The second-order valence-corrected chi connectivity index (χ2v) is 9.15. The van der Waals surface area contributed by atoms with Crippen LogP contribution in [0.1, 0.15) is 36.3 Å². The van der Waals surface area contributed by atoms with Gasteiger partial charge in [0, 0.05) is 41.5 Å². The van der Waals surface area contributed by atoms with E-state index in [0.717, 1.165) is 23.5 Å². The van der Waals surface area contributed by atoms with Crippen molar-refractivity contribution in [2.75, 3.05) is 11.9 Å². The number of hydrogen-bond donors (Lipinski definition) is 2. The predicted molar refractivity (Wildman–Crippen MR) is 104 cm³/mol. The Hall–Kier alpha value is -1.99. The molecule has 1 aliphatic carbocycles. The van der Waals surface area contributed by atoms with E-state index in [1.54, 1.807) is 25.3 Å². The lowest BCUT2D eigenvalue weighted by Gasteiger charge is -2.54. The van der Waals surface area contributed by atoms with Gasteiger partial charge in [-0.25, -0.2) is 14.2 Å². The molecule has 2 aliphatic rings. The lowest BCUT2D eigenvalue weighted by atomic mass is 9.57. The van der Waals surface area contributed by atoms with Crippen molar-refractivity contribution in [2.24, 2.45) is 11.3 Å². The van der Waals surface area contributed by atoms with Crippen LogP contribution in [0.4, 0.5) is 14.3 Å². The number of amides is 2. The molecular formula is C20H24FN3O2S. The van der Waals surface area contributed by atoms with Crippen LogP contribution in [0.25, 0.3) is 0 Å². The highest BCUT2D eigenvalue weighted by Crippen LogP contribution is 2.52. The van der Waals surface area contributed by atoms with Gasteiger partial charge in [-0.05, 0) is 30.5 Å². The van der Waals surface area contributed by atoms with Crippen LogP contribution in [0, 0.1) is 24.1 Å². The van der Waals surface area contributed by atoms with Crippen LogP contribution < -0.4 is 10.6 Å². The molecule has 1 aliphatic heterocycles. The minimum Gasteiger partial charge on any atom is -0.377 e. The fourth-order valence-electron chi connectivity index (χ4n) is 4.29. The lowest BCUT2D eigenvalue weighted by Crippen LogP contribution is -2.67. The minimum absolute atomic E-state index is 0.0535. The number of aromatic nitrogens is 1. The molecule has 1 aromatic heterocycles. The standard InChI is InChI=1S/C20H24FN3O2S/c1-11-4-5-12(9-15(11)21)8-13-10-22-19(27-13)24-18(25)23-16-14-6-7-26-17(14)20(16,2)3/h4-5,9-10,14,16-17H,6-8H2,1-3H3,(H2,22,23,24,25)/t14-,16-,17+/m1/s1. The van der Waals surface area contributed by atoms with Crippen LogP contribution in [0.2, 0.25) is 0 Å². The number of fused-ring (bicyclic) bond motifs is 1. The Morgan fingerprint density at radius 2 is 2.26 bits per heavy atom. The second kappa shape index (κ2) is 6.87. The number of carbonyl (C=O) groups excluding carboxylic acids is 1. The molecule has 1 saturated carbocycles. The van der Waals surface area contributed by atoms with E-state index in [4.69, 9.17) is 4.74 Å². The molecule has 1 saturated heterocycles. The molecule has 2 amide bonds. The van der Waals surface area contributed by atoms with Crippen molar-refractivity contribution in [3.05, 3.63) is 46.2 Å². The van der Waals surface area contributed by atoms with E-state index in [9.17, 15) is 9.18 Å². The fraction of sp³-hybridized carbons (Fsp3) is 0.500. The number of nitrogens with one attached hydrogen (secondary N) is 2. The van der Waals surface area contributed by atoms with Gasteiger partial charge in [-0.15, -0.1) is 11.3 Å². The molecule has 2 N–H and O–H groups in total. The number of benzene rings is 1. The first-order valence-electron chi connectivity index (χ1n) is 9.23. The number of urea groups is 1. The van der Waals surface area contributed by atoms with Crippen LogP contribution in [0.15, 0.2) is 24.4 Å². The van der Waals surface area contributed by atoms with E-state index >= 15 is 0 Å². The van der Waals surface area contributed by atoms with E-state index in [0.29, 0.717) is 23.0 Å². The molecule has 0 spiro atoms. The molecule has 1 aromatic carbocycles. The Kier molecular flexibility index (Phi) is 4.68. The van der Waals surface area contributed by atoms with Crippen molar-refractivity contribution in [3.8, 4) is 0 Å². The summed E-state index contributed by atoms with van der Waals surface area (Å²) in [5.41, 5.74) is 1.47. The highest BCUT2D eigenvalue weighted by atomic mass is 32.1. The smallest absolute Gasteiger partial charge is 0.321 e. The molecule has 2 heterocycles. The summed E-state index contributed by atoms with van der Waals surface area (Å²) in [6, 6.07) is 5.11. The Labute approximate surface area is 162 Å². The molecule has 0 bridgehead atoms. The topological polar surface area (TPSA) is 63.2 Å². The number of rotatable bonds is 4. The van der Waals surface area contributed by atoms with Crippen molar-refractivity contribution < 1.29 is 13.9 Å². The molecule has 2 aromatic rings. The third-order valence-electron chi connectivity index (χ3n) is 5.78. The summed E-state index contributed by atoms with van der Waals surface area (Å²) in [7, 11) is 0. The van der Waals surface area contributed by atoms with E-state index in [2.05, 4.69) is 29.5 Å². The molecule has 3 atom stereocenters. The quantitative estimate of drug-likeness (QED) is 0.827. The Morgan fingerprint density at radius 1 is 1.44 bits per heavy atom. The molecule has 0 unspecified atom stereocenters. The lowest BCUT2D eigenvalue weighted by molar-refractivity contribution is -0.107. The van der Waals surface area contributed by atoms with Gasteiger partial charge in [-0.3, -0.25) is 5.32 Å². The first-order valence-corrected chi connectivity index (χ1v) is 10.0. The molecule has 5 nitrogen and oxygen atoms in total. The number of nitrogens with zero attached hydrogens (tertiary/aromatic N) is 1. The van der Waals surface area contributed by atoms with Gasteiger partial charge in [0.15, 0.2) is 5.13 Å². The van der Waals surface area contributed by atoms with Gasteiger partial charge >= 0.3 is 6.03 Å². The minimum atomic E-state index is -0.235. The summed E-state index contributed by atoms with van der Waals surface area (Å²) in [5.74, 6) is 0.195. The van der Waals surface area contributed by atoms with Crippen molar-refractivity contribution in [3.63, 3.8) is 0 Å². The Balaban J connectivity index is 1.35. The van der Waals surface area contributed by atoms with Gasteiger partial charge in [0.05, 0.1) is 6.10 Å². The number of carbonyl (C=O) groups is 1. The third-order valence-corrected chi connectivity index (χ3v) is 6.69. The van der Waals surface area contributed by atoms with E-state index in [1.807, 2.05) is 6.07 Å². The van der Waals surface area contributed by atoms with Gasteiger partial charge < -0.3 is 10.1 Å². The summed E-state index contributed by atoms with van der Waals surface area (Å²) < 4.78 is 19.5. The summed E-state index contributed by atoms with van der Waals surface area (Å²) in [6.45, 7) is 6.78. The van der Waals surface area contributed by atoms with Gasteiger partial charge in [0.1, 0.15) is 5.82 Å². The number of hydrogen-bond acceptors (Lipinski definition) is 4. The van der Waals surface area contributed by atoms with Crippen LogP contribution >= 0.6 is 11.3 Å². The van der Waals surface area contributed by atoms with Crippen LogP contribution in [-0.2, 0) is 11.2 Å². The molecule has 2 fully saturated rings. The number of aryl methyl sites for hydroxylation is 1. The van der Waals surface area contributed by atoms with E-state index in [1.165, 1.54) is 11.3 Å². The highest BCUT2D eigenvalue weighted by Gasteiger charge is 2.59. The van der Waals surface area contributed by atoms with Gasteiger partial charge in [-0.2, -0.15) is 0 Å². The number of anilines is 1. The zero-order chi connectivity index (χ0) is 19.2. The van der Waals surface area contributed by atoms with Crippen LogP contribution in [0.5, 0.6) is 0 Å². The van der Waals surface area contributed by atoms with Gasteiger partial charge in [0.25, 0.3) is 0 Å². The van der Waals surface area contributed by atoms with Crippen LogP contribution in [0.3, 0.4) is 0 Å². The molecule has 27 heavy (non-hydrogen) atoms. The predicted octanol–water partition coefficient (Wildman–Crippen LogP) is 4.12. The largest absolute Gasteiger partial charge is 0.377 e. The summed E-state index contributed by atoms with van der Waals surface area (Å²) in [5, 5.41) is 6.46. The maximum absolute atomic E-state index is 13.7. The van der Waals surface area contributed by atoms with Crippen LogP contribution in [-0.4, -0.2) is 29.8 Å². The van der Waals surface area contributed by atoms with E-state index < -0.39 is 0 Å². The fourth-order valence-corrected chi connectivity index (χ4v) is 5.13. The molecule has 144 valence electrons. The Morgan fingerprint density at radius 3 is 3.04 bits per heavy atom. The van der Waals surface area contributed by atoms with Crippen molar-refractivity contribution in [1.29, 1.82) is 0 Å². The first kappa shape index (κ1) is 18.4. The maximum atomic E-state index is 13.7. The molecule has 0 radical (unpaired) electrons. The number of thiazole rings is 1. The summed E-state index contributed by atoms with van der Waals surface area (Å²) in [4.78, 5) is 17.6. The van der Waals surface area contributed by atoms with Gasteiger partial charge in [0.2, 0.25) is 0 Å². The molecule has 4 rings (SSSR count). The second-order valence-electron chi connectivity index (χ2n) is 8.03. The average molecular weight is 389 g/mol. The monoisotopic (exact) mass is 389 g/mol. The maximum Gasteiger partial charge on any atom is 0.321 e. The van der Waals surface area contributed by atoms with Crippen molar-refractivity contribution in [2.45, 2.75) is 45.8 Å². The van der Waals surface area contributed by atoms with E-state index in [-0.39, 0.29) is 29.4 Å². The average Bonchev–Trinajstić information content (AvgIpc) is 3.24. The SMILES string of the molecule is Cc1ccc(Cc2cnc(NC(=O)N[C@@H]3[C@H]4CCO[C@@H]4C3(C)C)s2)cc1F. The van der Waals surface area contributed by atoms with Gasteiger partial charge in [-0.1, -0.05) is 26.0 Å². The molecular weight excluding hydrogens is 365 g/mol. The summed E-state index contributed by atoms with van der Waals surface area (Å²) >= 11 is 1.41. The zero-order valence-electron chi connectivity index (χ0n) is 15.7. The zero-order valence-corrected chi connectivity index (χ0v) is 16.5. The third kappa shape index (κ3) is 3.46. The number of ether oxygens (including phenoxy) is 1.